The van der Waals surface area contributed by atoms with Crippen LogP contribution in [-0.2, 0) is 18.9 Å². The fraction of sp³-hybridized carbons (Fsp3) is 0.714. The minimum absolute atomic E-state index is 0.0479. The van der Waals surface area contributed by atoms with E-state index in [1.165, 1.54) is 0 Å². The molecule has 0 N–H and O–H groups in total. The summed E-state index contributed by atoms with van der Waals surface area (Å²) in [4.78, 5) is 0.292. The van der Waals surface area contributed by atoms with Crippen molar-refractivity contribution in [2.45, 2.75) is 128 Å². The molecule has 0 spiro atoms. The van der Waals surface area contributed by atoms with Crippen molar-refractivity contribution < 1.29 is 17.3 Å². The maximum Gasteiger partial charge on any atom is 0.243 e. The lowest BCUT2D eigenvalue weighted by Crippen LogP contribution is -2.50. The first-order valence-corrected chi connectivity index (χ1v) is 20.4. The second-order valence-electron chi connectivity index (χ2n) is 13.3. The van der Waals surface area contributed by atoms with Crippen LogP contribution in [0.5, 0.6) is 0 Å². The van der Waals surface area contributed by atoms with Crippen LogP contribution in [0.2, 0.25) is 36.3 Å². The van der Waals surface area contributed by atoms with Crippen LogP contribution in [0.15, 0.2) is 41.8 Å². The molecular weight excluding hydrogens is 503 g/mol. The molecule has 2 unspecified atom stereocenters. The Labute approximate surface area is 225 Å². The van der Waals surface area contributed by atoms with Gasteiger partial charge in [-0.15, -0.1) is 6.58 Å². The first-order chi connectivity index (χ1) is 16.1. The highest BCUT2D eigenvalue weighted by Gasteiger charge is 2.41. The molecule has 1 rings (SSSR count). The van der Waals surface area contributed by atoms with Crippen molar-refractivity contribution in [1.82, 2.24) is 4.31 Å². The lowest BCUT2D eigenvalue weighted by atomic mass is 10.1. The Bertz CT molecular complexity index is 959. The van der Waals surface area contributed by atoms with Crippen LogP contribution in [0.4, 0.5) is 0 Å². The van der Waals surface area contributed by atoms with Gasteiger partial charge in [0.15, 0.2) is 16.6 Å². The molecule has 0 fully saturated rings. The SMILES string of the molecule is C=CCC(CO[Si](C)(C)C(C)(C)C)N(C(C)C)S(=O)(=O)c1ccc(C(C)O[Si](C)(C)C(C)(C)C)cc1. The highest BCUT2D eigenvalue weighted by Crippen LogP contribution is 2.40. The molecule has 0 aliphatic heterocycles. The summed E-state index contributed by atoms with van der Waals surface area (Å²) in [5, 5.41) is 0.154. The van der Waals surface area contributed by atoms with E-state index >= 15 is 0 Å². The van der Waals surface area contributed by atoms with Crippen LogP contribution < -0.4 is 0 Å². The lowest BCUT2D eigenvalue weighted by Gasteiger charge is -2.40. The molecule has 0 heterocycles. The average Bonchev–Trinajstić information content (AvgIpc) is 2.70. The van der Waals surface area contributed by atoms with E-state index in [-0.39, 0.29) is 28.3 Å². The van der Waals surface area contributed by atoms with Gasteiger partial charge in [-0.25, -0.2) is 8.42 Å². The third-order valence-electron chi connectivity index (χ3n) is 7.95. The Morgan fingerprint density at radius 2 is 1.39 bits per heavy atom. The zero-order chi connectivity index (χ0) is 28.3. The Balaban J connectivity index is 3.26. The molecule has 0 aromatic heterocycles. The molecule has 0 aliphatic carbocycles. The number of rotatable bonds is 12. The van der Waals surface area contributed by atoms with Gasteiger partial charge in [-0.3, -0.25) is 0 Å². The summed E-state index contributed by atoms with van der Waals surface area (Å²) in [6, 6.07) is 6.66. The number of sulfonamides is 1. The normalized spacial score (nSPS) is 15.9. The first-order valence-electron chi connectivity index (χ1n) is 13.1. The molecule has 8 heteroatoms. The van der Waals surface area contributed by atoms with Gasteiger partial charge in [0.1, 0.15) is 0 Å². The molecule has 208 valence electrons. The molecule has 0 saturated heterocycles. The van der Waals surface area contributed by atoms with E-state index in [9.17, 15) is 8.42 Å². The lowest BCUT2D eigenvalue weighted by molar-refractivity contribution is 0.172. The zero-order valence-electron chi connectivity index (χ0n) is 25.2. The fourth-order valence-electron chi connectivity index (χ4n) is 3.57. The number of hydrogen-bond acceptors (Lipinski definition) is 4. The molecule has 0 aliphatic rings. The molecule has 0 bridgehead atoms. The fourth-order valence-corrected chi connectivity index (χ4v) is 7.81. The highest BCUT2D eigenvalue weighted by atomic mass is 32.2. The maximum absolute atomic E-state index is 13.9. The topological polar surface area (TPSA) is 55.8 Å². The van der Waals surface area contributed by atoms with E-state index < -0.39 is 26.7 Å². The monoisotopic (exact) mass is 555 g/mol. The van der Waals surface area contributed by atoms with Crippen LogP contribution in [0.1, 0.15) is 80.4 Å². The van der Waals surface area contributed by atoms with Gasteiger partial charge in [0.2, 0.25) is 10.0 Å². The van der Waals surface area contributed by atoms with Crippen molar-refractivity contribution in [2.24, 2.45) is 0 Å². The molecule has 5 nitrogen and oxygen atoms in total. The third-order valence-corrected chi connectivity index (χ3v) is 19.2. The summed E-state index contributed by atoms with van der Waals surface area (Å²) in [5.74, 6) is 0. The second kappa shape index (κ2) is 12.0. The van der Waals surface area contributed by atoms with Gasteiger partial charge in [-0.05, 0) is 81.2 Å². The van der Waals surface area contributed by atoms with Crippen LogP contribution in [0.3, 0.4) is 0 Å². The molecule has 0 amide bonds. The summed E-state index contributed by atoms with van der Waals surface area (Å²) in [5.41, 5.74) is 0.985. The van der Waals surface area contributed by atoms with Crippen molar-refractivity contribution in [3.63, 3.8) is 0 Å². The van der Waals surface area contributed by atoms with Gasteiger partial charge in [0, 0.05) is 6.04 Å². The maximum atomic E-state index is 13.9. The minimum Gasteiger partial charge on any atom is -0.415 e. The van der Waals surface area contributed by atoms with Gasteiger partial charge in [0.25, 0.3) is 0 Å². The van der Waals surface area contributed by atoms with Crippen LogP contribution >= 0.6 is 0 Å². The largest absolute Gasteiger partial charge is 0.415 e. The average molecular weight is 556 g/mol. The van der Waals surface area contributed by atoms with Gasteiger partial charge in [-0.1, -0.05) is 59.8 Å². The van der Waals surface area contributed by atoms with E-state index in [0.717, 1.165) is 5.56 Å². The van der Waals surface area contributed by atoms with E-state index in [1.54, 1.807) is 22.5 Å². The minimum atomic E-state index is -3.74. The van der Waals surface area contributed by atoms with Crippen molar-refractivity contribution in [3.8, 4) is 0 Å². The van der Waals surface area contributed by atoms with Crippen molar-refractivity contribution >= 4 is 26.7 Å². The Kier molecular flexibility index (Phi) is 11.0. The summed E-state index contributed by atoms with van der Waals surface area (Å²) in [6.45, 7) is 32.2. The molecule has 0 saturated carbocycles. The van der Waals surface area contributed by atoms with Gasteiger partial charge in [-0.2, -0.15) is 4.31 Å². The summed E-state index contributed by atoms with van der Waals surface area (Å²) >= 11 is 0. The van der Waals surface area contributed by atoms with Gasteiger partial charge in [0.05, 0.1) is 23.6 Å². The molecular formula is C28H53NO4SSi2. The van der Waals surface area contributed by atoms with E-state index in [0.29, 0.717) is 17.9 Å². The zero-order valence-corrected chi connectivity index (χ0v) is 28.0. The Morgan fingerprint density at radius 1 is 0.917 bits per heavy atom. The van der Waals surface area contributed by atoms with E-state index in [4.69, 9.17) is 8.85 Å². The standard InChI is InChI=1S/C28H53NO4SSi2/c1-15-16-25(21-32-35(11,12)27(5,6)7)29(22(2)3)34(30,31)26-19-17-24(18-20-26)23(4)33-36(13,14)28(8,9)10/h15,17-20,22-23,25H,1,16,21H2,2-14H3. The molecule has 2 atom stereocenters. The molecule has 0 radical (unpaired) electrons. The molecule has 1 aromatic carbocycles. The Hall–Kier alpha value is -0.776. The molecule has 36 heavy (non-hydrogen) atoms. The van der Waals surface area contributed by atoms with Gasteiger partial charge < -0.3 is 8.85 Å². The predicted octanol–water partition coefficient (Wildman–Crippen LogP) is 8.14. The number of benzene rings is 1. The number of nitrogens with zero attached hydrogens (tertiary/aromatic N) is 1. The first kappa shape index (κ1) is 33.3. The van der Waals surface area contributed by atoms with Crippen molar-refractivity contribution in [1.29, 1.82) is 0 Å². The van der Waals surface area contributed by atoms with Crippen LogP contribution in [-0.4, -0.2) is 48.0 Å². The second-order valence-corrected chi connectivity index (χ2v) is 24.7. The summed E-state index contributed by atoms with van der Waals surface area (Å²) in [6.07, 6.45) is 2.21. The third kappa shape index (κ3) is 8.11. The molecule has 1 aromatic rings. The van der Waals surface area contributed by atoms with Crippen molar-refractivity contribution in [2.75, 3.05) is 6.61 Å². The van der Waals surface area contributed by atoms with Crippen LogP contribution in [0.25, 0.3) is 0 Å². The van der Waals surface area contributed by atoms with Crippen molar-refractivity contribution in [3.05, 3.63) is 42.5 Å². The van der Waals surface area contributed by atoms with E-state index in [2.05, 4.69) is 74.3 Å². The Morgan fingerprint density at radius 3 is 1.78 bits per heavy atom. The smallest absolute Gasteiger partial charge is 0.243 e. The summed E-state index contributed by atoms with van der Waals surface area (Å²) < 4.78 is 42.3. The quantitative estimate of drug-likeness (QED) is 0.193. The predicted molar refractivity (Wildman–Crippen MR) is 159 cm³/mol. The summed E-state index contributed by atoms with van der Waals surface area (Å²) in [7, 11) is -7.72. The van der Waals surface area contributed by atoms with E-state index in [1.807, 2.05) is 32.9 Å². The highest BCUT2D eigenvalue weighted by molar-refractivity contribution is 7.89. The van der Waals surface area contributed by atoms with Crippen LogP contribution in [0, 0.1) is 0 Å². The van der Waals surface area contributed by atoms with Gasteiger partial charge >= 0.3 is 0 Å². The number of hydrogen-bond donors (Lipinski definition) is 0.